The van der Waals surface area contributed by atoms with E-state index in [1.54, 1.807) is 43.6 Å². The van der Waals surface area contributed by atoms with Gasteiger partial charge in [0.05, 0.1) is 32.7 Å². The van der Waals surface area contributed by atoms with Gasteiger partial charge in [-0.05, 0) is 24.3 Å². The number of aromatic nitrogens is 1. The second-order valence-corrected chi connectivity index (χ2v) is 4.91. The van der Waals surface area contributed by atoms with Crippen LogP contribution in [0.25, 0.3) is 0 Å². The highest BCUT2D eigenvalue weighted by atomic mass is 16.5. The minimum absolute atomic E-state index is 0.269. The molecule has 7 heteroatoms. The first-order chi connectivity index (χ1) is 11.7. The van der Waals surface area contributed by atoms with Gasteiger partial charge in [0.2, 0.25) is 0 Å². The Morgan fingerprint density at radius 3 is 2.33 bits per heavy atom. The number of anilines is 2. The van der Waals surface area contributed by atoms with Gasteiger partial charge in [0.1, 0.15) is 17.3 Å². The molecule has 2 aromatic rings. The average molecular weight is 331 g/mol. The Bertz CT molecular complexity index is 652. The van der Waals surface area contributed by atoms with E-state index in [9.17, 15) is 4.79 Å². The van der Waals surface area contributed by atoms with Crippen LogP contribution in [0, 0.1) is 0 Å². The molecule has 2 N–H and O–H groups in total. The van der Waals surface area contributed by atoms with Crippen molar-refractivity contribution in [2.75, 3.05) is 45.1 Å². The first-order valence-corrected chi connectivity index (χ1v) is 7.39. The largest absolute Gasteiger partial charge is 0.497 e. The molecule has 0 spiro atoms. The standard InChI is InChI=1S/C17H21N3O4/c1-22-7-6-18-16-5-4-13(11-19-16)20-17(21)12-8-14(23-2)10-15(9-12)24-3/h4-5,8-11H,6-7H2,1-3H3,(H,18,19)(H,20,21). The lowest BCUT2D eigenvalue weighted by Gasteiger charge is -2.10. The van der Waals surface area contributed by atoms with Crippen LogP contribution in [-0.2, 0) is 4.74 Å². The van der Waals surface area contributed by atoms with Gasteiger partial charge in [0.25, 0.3) is 5.91 Å². The normalized spacial score (nSPS) is 10.1. The molecule has 0 saturated heterocycles. The van der Waals surface area contributed by atoms with Crippen molar-refractivity contribution >= 4 is 17.4 Å². The lowest BCUT2D eigenvalue weighted by Crippen LogP contribution is -2.13. The Morgan fingerprint density at radius 1 is 1.08 bits per heavy atom. The molecule has 7 nitrogen and oxygen atoms in total. The zero-order valence-electron chi connectivity index (χ0n) is 14.0. The third-order valence-electron chi connectivity index (χ3n) is 3.25. The fraction of sp³-hybridized carbons (Fsp3) is 0.294. The number of hydrogen-bond donors (Lipinski definition) is 2. The number of amides is 1. The van der Waals surface area contributed by atoms with Gasteiger partial charge in [-0.2, -0.15) is 0 Å². The van der Waals surface area contributed by atoms with E-state index >= 15 is 0 Å². The fourth-order valence-electron chi connectivity index (χ4n) is 2.00. The van der Waals surface area contributed by atoms with Crippen LogP contribution in [0.3, 0.4) is 0 Å². The van der Waals surface area contributed by atoms with E-state index in [1.165, 1.54) is 14.2 Å². The van der Waals surface area contributed by atoms with Crippen molar-refractivity contribution in [1.29, 1.82) is 0 Å². The number of methoxy groups -OCH3 is 3. The lowest BCUT2D eigenvalue weighted by molar-refractivity contribution is 0.102. The molecular weight excluding hydrogens is 310 g/mol. The van der Waals surface area contributed by atoms with Gasteiger partial charge in [0, 0.05) is 25.3 Å². The molecule has 1 aromatic heterocycles. The van der Waals surface area contributed by atoms with Crippen LogP contribution in [0.4, 0.5) is 11.5 Å². The molecule has 0 radical (unpaired) electrons. The Morgan fingerprint density at radius 2 is 1.79 bits per heavy atom. The summed E-state index contributed by atoms with van der Waals surface area (Å²) in [4.78, 5) is 16.6. The fourth-order valence-corrected chi connectivity index (χ4v) is 2.00. The molecule has 0 unspecified atom stereocenters. The molecule has 1 amide bonds. The van der Waals surface area contributed by atoms with Crippen molar-refractivity contribution < 1.29 is 19.0 Å². The Balaban J connectivity index is 2.04. The van der Waals surface area contributed by atoms with E-state index in [0.717, 1.165) is 0 Å². The zero-order valence-corrected chi connectivity index (χ0v) is 14.0. The Kier molecular flexibility index (Phi) is 6.39. The summed E-state index contributed by atoms with van der Waals surface area (Å²) in [6, 6.07) is 8.56. The minimum Gasteiger partial charge on any atom is -0.497 e. The van der Waals surface area contributed by atoms with E-state index in [-0.39, 0.29) is 5.91 Å². The highest BCUT2D eigenvalue weighted by Crippen LogP contribution is 2.23. The third kappa shape index (κ3) is 4.85. The average Bonchev–Trinajstić information content (AvgIpc) is 2.62. The third-order valence-corrected chi connectivity index (χ3v) is 3.25. The van der Waals surface area contributed by atoms with Crippen molar-refractivity contribution in [3.8, 4) is 11.5 Å². The van der Waals surface area contributed by atoms with Crippen molar-refractivity contribution in [1.82, 2.24) is 4.98 Å². The summed E-state index contributed by atoms with van der Waals surface area (Å²) < 4.78 is 15.3. The predicted molar refractivity (Wildman–Crippen MR) is 92.1 cm³/mol. The second-order valence-electron chi connectivity index (χ2n) is 4.91. The smallest absolute Gasteiger partial charge is 0.255 e. The number of pyridine rings is 1. The highest BCUT2D eigenvalue weighted by molar-refractivity contribution is 6.04. The molecule has 1 aromatic carbocycles. The lowest BCUT2D eigenvalue weighted by atomic mass is 10.2. The van der Waals surface area contributed by atoms with Gasteiger partial charge >= 0.3 is 0 Å². The molecule has 24 heavy (non-hydrogen) atoms. The van der Waals surface area contributed by atoms with Crippen LogP contribution in [0.1, 0.15) is 10.4 Å². The number of nitrogens with one attached hydrogen (secondary N) is 2. The van der Waals surface area contributed by atoms with Crippen molar-refractivity contribution in [2.24, 2.45) is 0 Å². The number of ether oxygens (including phenoxy) is 3. The van der Waals surface area contributed by atoms with Gasteiger partial charge < -0.3 is 24.8 Å². The zero-order chi connectivity index (χ0) is 17.4. The SMILES string of the molecule is COCCNc1ccc(NC(=O)c2cc(OC)cc(OC)c2)cn1. The molecular formula is C17H21N3O4. The van der Waals surface area contributed by atoms with Crippen LogP contribution >= 0.6 is 0 Å². The summed E-state index contributed by atoms with van der Waals surface area (Å²) in [6.07, 6.45) is 1.59. The van der Waals surface area contributed by atoms with Gasteiger partial charge in [-0.25, -0.2) is 4.98 Å². The van der Waals surface area contributed by atoms with Gasteiger partial charge in [0.15, 0.2) is 0 Å². The number of carbonyl (C=O) groups is 1. The number of nitrogens with zero attached hydrogens (tertiary/aromatic N) is 1. The maximum Gasteiger partial charge on any atom is 0.255 e. The van der Waals surface area contributed by atoms with Crippen LogP contribution in [-0.4, -0.2) is 45.4 Å². The summed E-state index contributed by atoms with van der Waals surface area (Å²) in [5.41, 5.74) is 1.03. The van der Waals surface area contributed by atoms with E-state index < -0.39 is 0 Å². The Hall–Kier alpha value is -2.80. The molecule has 0 aliphatic carbocycles. The van der Waals surface area contributed by atoms with E-state index in [2.05, 4.69) is 15.6 Å². The van der Waals surface area contributed by atoms with Gasteiger partial charge in [-0.3, -0.25) is 4.79 Å². The number of hydrogen-bond acceptors (Lipinski definition) is 6. The molecule has 128 valence electrons. The maximum absolute atomic E-state index is 12.4. The van der Waals surface area contributed by atoms with E-state index in [4.69, 9.17) is 14.2 Å². The van der Waals surface area contributed by atoms with Gasteiger partial charge in [-0.1, -0.05) is 0 Å². The molecule has 0 aliphatic rings. The predicted octanol–water partition coefficient (Wildman–Crippen LogP) is 2.41. The first kappa shape index (κ1) is 17.6. The molecule has 0 aliphatic heterocycles. The van der Waals surface area contributed by atoms with Crippen molar-refractivity contribution in [2.45, 2.75) is 0 Å². The summed E-state index contributed by atoms with van der Waals surface area (Å²) >= 11 is 0. The number of benzene rings is 1. The molecule has 2 rings (SSSR count). The van der Waals surface area contributed by atoms with Crippen LogP contribution in [0.5, 0.6) is 11.5 Å². The van der Waals surface area contributed by atoms with Crippen molar-refractivity contribution in [3.63, 3.8) is 0 Å². The summed E-state index contributed by atoms with van der Waals surface area (Å²) in [5, 5.41) is 5.90. The molecule has 0 atom stereocenters. The quantitative estimate of drug-likeness (QED) is 0.723. The number of rotatable bonds is 8. The molecule has 0 fully saturated rings. The molecule has 0 saturated carbocycles. The monoisotopic (exact) mass is 331 g/mol. The van der Waals surface area contributed by atoms with Crippen LogP contribution < -0.4 is 20.1 Å². The van der Waals surface area contributed by atoms with Gasteiger partial charge in [-0.15, -0.1) is 0 Å². The highest BCUT2D eigenvalue weighted by Gasteiger charge is 2.10. The summed E-state index contributed by atoms with van der Waals surface area (Å²) in [5.74, 6) is 1.55. The Labute approximate surface area is 140 Å². The maximum atomic E-state index is 12.4. The van der Waals surface area contributed by atoms with E-state index in [0.29, 0.717) is 41.7 Å². The summed E-state index contributed by atoms with van der Waals surface area (Å²) in [7, 11) is 4.71. The van der Waals surface area contributed by atoms with Crippen LogP contribution in [0.15, 0.2) is 36.5 Å². The molecule has 0 bridgehead atoms. The summed E-state index contributed by atoms with van der Waals surface area (Å²) in [6.45, 7) is 1.26. The molecule has 1 heterocycles. The topological polar surface area (TPSA) is 81.7 Å². The second kappa shape index (κ2) is 8.73. The number of carbonyl (C=O) groups excluding carboxylic acids is 1. The van der Waals surface area contributed by atoms with Crippen LogP contribution in [0.2, 0.25) is 0 Å². The minimum atomic E-state index is -0.269. The van der Waals surface area contributed by atoms with Crippen molar-refractivity contribution in [3.05, 3.63) is 42.1 Å². The van der Waals surface area contributed by atoms with E-state index in [1.807, 2.05) is 0 Å². The first-order valence-electron chi connectivity index (χ1n) is 7.39.